The normalized spacial score (nSPS) is 12.5. The van der Waals surface area contributed by atoms with Crippen molar-refractivity contribution in [3.63, 3.8) is 0 Å². The van der Waals surface area contributed by atoms with Gasteiger partial charge < -0.3 is 13.4 Å². The van der Waals surface area contributed by atoms with E-state index in [0.717, 1.165) is 49.6 Å². The second-order valence-corrected chi connectivity index (χ2v) is 11.5. The third-order valence-electron chi connectivity index (χ3n) is 8.38. The average Bonchev–Trinajstić information content (AvgIpc) is 3.75. The third kappa shape index (κ3) is 2.50. The summed E-state index contributed by atoms with van der Waals surface area (Å²) >= 11 is 1.86. The van der Waals surface area contributed by atoms with Crippen molar-refractivity contribution >= 4 is 97.2 Å². The number of benzene rings is 6. The van der Waals surface area contributed by atoms with Crippen LogP contribution in [0.15, 0.2) is 124 Å². The molecule has 0 amide bonds. The molecule has 4 heteroatoms. The Hall–Kier alpha value is -5.06. The summed E-state index contributed by atoms with van der Waals surface area (Å²) < 4.78 is 17.9. The topological polar surface area (TPSA) is 31.2 Å². The number of nitrogens with zero attached hydrogens (tertiary/aromatic N) is 1. The second-order valence-electron chi connectivity index (χ2n) is 10.5. The molecule has 0 unspecified atom stereocenters. The van der Waals surface area contributed by atoms with Crippen molar-refractivity contribution in [2.24, 2.45) is 0 Å². The maximum atomic E-state index is 6.72. The molecular formula is C36H19NO2S. The van der Waals surface area contributed by atoms with E-state index in [1.54, 1.807) is 0 Å². The molecule has 3 nitrogen and oxygen atoms in total. The highest BCUT2D eigenvalue weighted by atomic mass is 32.1. The van der Waals surface area contributed by atoms with Gasteiger partial charge >= 0.3 is 0 Å². The molecule has 4 aromatic heterocycles. The minimum atomic E-state index is 0.900. The van der Waals surface area contributed by atoms with Gasteiger partial charge in [-0.1, -0.05) is 72.8 Å². The number of aromatic nitrogens is 1. The molecule has 0 bridgehead atoms. The van der Waals surface area contributed by atoms with Crippen LogP contribution in [0.4, 0.5) is 0 Å². The third-order valence-corrected chi connectivity index (χ3v) is 9.56. The molecule has 10 aromatic rings. The second kappa shape index (κ2) is 7.32. The maximum Gasteiger partial charge on any atom is 0.146 e. The van der Waals surface area contributed by atoms with E-state index in [1.807, 2.05) is 23.5 Å². The van der Waals surface area contributed by atoms with E-state index in [2.05, 4.69) is 108 Å². The molecule has 0 aliphatic carbocycles. The Morgan fingerprint density at radius 2 is 1.18 bits per heavy atom. The van der Waals surface area contributed by atoms with Crippen LogP contribution < -0.4 is 0 Å². The van der Waals surface area contributed by atoms with Crippen molar-refractivity contribution in [2.75, 3.05) is 0 Å². The van der Waals surface area contributed by atoms with Crippen LogP contribution in [-0.4, -0.2) is 4.57 Å². The van der Waals surface area contributed by atoms with Crippen LogP contribution in [0.1, 0.15) is 0 Å². The van der Waals surface area contributed by atoms with Crippen LogP contribution in [0, 0.1) is 0 Å². The Morgan fingerprint density at radius 3 is 2.05 bits per heavy atom. The highest BCUT2D eigenvalue weighted by Gasteiger charge is 2.25. The monoisotopic (exact) mass is 529 g/mol. The van der Waals surface area contributed by atoms with Gasteiger partial charge in [-0.2, -0.15) is 0 Å². The van der Waals surface area contributed by atoms with E-state index < -0.39 is 0 Å². The Balaban J connectivity index is 1.50. The van der Waals surface area contributed by atoms with Crippen LogP contribution in [0.5, 0.6) is 0 Å². The van der Waals surface area contributed by atoms with Gasteiger partial charge in [-0.25, -0.2) is 0 Å². The summed E-state index contributed by atoms with van der Waals surface area (Å²) in [7, 11) is 0. The Kier molecular flexibility index (Phi) is 3.81. The first-order valence-corrected chi connectivity index (χ1v) is 14.3. The Bertz CT molecular complexity index is 2630. The molecule has 0 saturated heterocycles. The Labute approximate surface area is 231 Å². The SMILES string of the molecule is c1ccc2c(c1)oc1ccc(-n3c4ccccc4c4c5sc6ccccc6c5c5oc6ccccc6c5c43)cc12. The van der Waals surface area contributed by atoms with Gasteiger partial charge in [0.1, 0.15) is 22.3 Å². The number of para-hydroxylation sites is 3. The zero-order valence-corrected chi connectivity index (χ0v) is 22.0. The van der Waals surface area contributed by atoms with Gasteiger partial charge in [-0.05, 0) is 42.5 Å². The fourth-order valence-electron chi connectivity index (χ4n) is 6.73. The molecular weight excluding hydrogens is 510 g/mol. The van der Waals surface area contributed by atoms with Crippen LogP contribution in [0.3, 0.4) is 0 Å². The zero-order valence-electron chi connectivity index (χ0n) is 21.1. The molecule has 40 heavy (non-hydrogen) atoms. The molecule has 6 aromatic carbocycles. The van der Waals surface area contributed by atoms with Gasteiger partial charge in [0.25, 0.3) is 0 Å². The Morgan fingerprint density at radius 1 is 0.500 bits per heavy atom. The van der Waals surface area contributed by atoms with E-state index in [-0.39, 0.29) is 0 Å². The number of furan rings is 2. The lowest BCUT2D eigenvalue weighted by atomic mass is 10.0. The molecule has 0 saturated carbocycles. The minimum Gasteiger partial charge on any atom is -0.456 e. The highest BCUT2D eigenvalue weighted by molar-refractivity contribution is 7.27. The molecule has 0 fully saturated rings. The van der Waals surface area contributed by atoms with Crippen LogP contribution >= 0.6 is 11.3 Å². The van der Waals surface area contributed by atoms with Gasteiger partial charge in [0.05, 0.1) is 16.4 Å². The van der Waals surface area contributed by atoms with E-state index in [4.69, 9.17) is 8.83 Å². The lowest BCUT2D eigenvalue weighted by molar-refractivity contribution is 0.669. The van der Waals surface area contributed by atoms with Crippen LogP contribution in [-0.2, 0) is 0 Å². The molecule has 0 aliphatic rings. The number of hydrogen-bond donors (Lipinski definition) is 0. The molecule has 0 atom stereocenters. The highest BCUT2D eigenvalue weighted by Crippen LogP contribution is 2.50. The number of rotatable bonds is 1. The average molecular weight is 530 g/mol. The predicted molar refractivity (Wildman–Crippen MR) is 168 cm³/mol. The largest absolute Gasteiger partial charge is 0.456 e. The summed E-state index contributed by atoms with van der Waals surface area (Å²) in [6.45, 7) is 0. The molecule has 4 heterocycles. The quantitative estimate of drug-likeness (QED) is 0.212. The van der Waals surface area contributed by atoms with Crippen LogP contribution in [0.25, 0.3) is 91.5 Å². The molecule has 0 N–H and O–H groups in total. The predicted octanol–water partition coefficient (Wildman–Crippen LogP) is 11.0. The van der Waals surface area contributed by atoms with Crippen molar-refractivity contribution in [1.82, 2.24) is 4.57 Å². The van der Waals surface area contributed by atoms with Gasteiger partial charge in [-0.3, -0.25) is 0 Å². The maximum absolute atomic E-state index is 6.72. The van der Waals surface area contributed by atoms with Crippen molar-refractivity contribution in [3.05, 3.63) is 115 Å². The molecule has 0 aliphatic heterocycles. The minimum absolute atomic E-state index is 0.900. The summed E-state index contributed by atoms with van der Waals surface area (Å²) in [5.74, 6) is 0. The summed E-state index contributed by atoms with van der Waals surface area (Å²) in [6, 6.07) is 40.7. The van der Waals surface area contributed by atoms with Gasteiger partial charge in [0.15, 0.2) is 0 Å². The first-order chi connectivity index (χ1) is 19.8. The van der Waals surface area contributed by atoms with E-state index in [0.29, 0.717) is 0 Å². The van der Waals surface area contributed by atoms with Gasteiger partial charge in [0, 0.05) is 52.8 Å². The standard InChI is InChI=1S/C36H19NO2S/c1-5-13-26-22(10-1)32-34(37(26)20-17-18-29-25(19-20)21-9-2-6-14-27(21)38-29)31-23-11-3-7-15-28(23)39-35(31)33-24-12-4-8-16-30(24)40-36(32)33/h1-19H. The summed E-state index contributed by atoms with van der Waals surface area (Å²) in [5.41, 5.74) is 7.16. The molecule has 186 valence electrons. The van der Waals surface area contributed by atoms with E-state index >= 15 is 0 Å². The first kappa shape index (κ1) is 20.8. The lowest BCUT2D eigenvalue weighted by Gasteiger charge is -2.09. The van der Waals surface area contributed by atoms with Crippen LogP contribution in [0.2, 0.25) is 0 Å². The molecule has 0 spiro atoms. The van der Waals surface area contributed by atoms with Gasteiger partial charge in [-0.15, -0.1) is 11.3 Å². The zero-order chi connectivity index (χ0) is 25.9. The summed E-state index contributed by atoms with van der Waals surface area (Å²) in [4.78, 5) is 0. The molecule has 0 radical (unpaired) electrons. The first-order valence-electron chi connectivity index (χ1n) is 13.4. The lowest BCUT2D eigenvalue weighted by Crippen LogP contribution is -1.94. The smallest absolute Gasteiger partial charge is 0.146 e. The number of hydrogen-bond acceptors (Lipinski definition) is 3. The van der Waals surface area contributed by atoms with Crippen molar-refractivity contribution < 1.29 is 8.83 Å². The van der Waals surface area contributed by atoms with Crippen molar-refractivity contribution in [1.29, 1.82) is 0 Å². The fraction of sp³-hybridized carbons (Fsp3) is 0. The van der Waals surface area contributed by atoms with E-state index in [1.165, 1.54) is 42.0 Å². The number of thiophene rings is 1. The number of fused-ring (bicyclic) bond motifs is 15. The molecule has 10 rings (SSSR count). The summed E-state index contributed by atoms with van der Waals surface area (Å²) in [5, 5.41) is 9.53. The fourth-order valence-corrected chi connectivity index (χ4v) is 7.99. The van der Waals surface area contributed by atoms with Gasteiger partial charge in [0.2, 0.25) is 0 Å². The van der Waals surface area contributed by atoms with Crippen molar-refractivity contribution in [2.45, 2.75) is 0 Å². The van der Waals surface area contributed by atoms with E-state index in [9.17, 15) is 0 Å². The van der Waals surface area contributed by atoms with Crippen molar-refractivity contribution in [3.8, 4) is 5.69 Å². The summed E-state index contributed by atoms with van der Waals surface area (Å²) in [6.07, 6.45) is 0.